The summed E-state index contributed by atoms with van der Waals surface area (Å²) >= 11 is 0. The van der Waals surface area contributed by atoms with Gasteiger partial charge in [-0.2, -0.15) is 0 Å². The van der Waals surface area contributed by atoms with Crippen LogP contribution in [-0.2, 0) is 11.3 Å². The molecule has 0 unspecified atom stereocenters. The van der Waals surface area contributed by atoms with Crippen molar-refractivity contribution in [3.8, 4) is 5.88 Å². The number of carbonyl (C=O) groups is 1. The van der Waals surface area contributed by atoms with Crippen LogP contribution in [0.15, 0.2) is 60.9 Å². The summed E-state index contributed by atoms with van der Waals surface area (Å²) in [5.74, 6) is 0.602. The van der Waals surface area contributed by atoms with Crippen LogP contribution >= 0.6 is 0 Å². The zero-order valence-electron chi connectivity index (χ0n) is 17.9. The fraction of sp³-hybridized carbons (Fsp3) is 0.320. The molecule has 1 aliphatic heterocycles. The van der Waals surface area contributed by atoms with Crippen LogP contribution in [0.1, 0.15) is 24.5 Å². The van der Waals surface area contributed by atoms with E-state index in [1.54, 1.807) is 6.08 Å². The molecular formula is C25H28N4O2. The van der Waals surface area contributed by atoms with Gasteiger partial charge in [-0.3, -0.25) is 14.7 Å². The summed E-state index contributed by atoms with van der Waals surface area (Å²) in [7, 11) is 0. The van der Waals surface area contributed by atoms with Gasteiger partial charge in [-0.25, -0.2) is 4.98 Å². The lowest BCUT2D eigenvalue weighted by Gasteiger charge is -2.34. The van der Waals surface area contributed by atoms with Crippen molar-refractivity contribution in [2.45, 2.75) is 19.9 Å². The van der Waals surface area contributed by atoms with E-state index < -0.39 is 0 Å². The normalized spacial score (nSPS) is 14.9. The van der Waals surface area contributed by atoms with Crippen LogP contribution in [0.4, 0.5) is 0 Å². The molecule has 0 bridgehead atoms. The van der Waals surface area contributed by atoms with E-state index in [-0.39, 0.29) is 5.91 Å². The molecule has 1 amide bonds. The number of benzene rings is 1. The highest BCUT2D eigenvalue weighted by atomic mass is 16.5. The third-order valence-corrected chi connectivity index (χ3v) is 5.40. The van der Waals surface area contributed by atoms with Crippen molar-refractivity contribution in [1.82, 2.24) is 19.8 Å². The van der Waals surface area contributed by atoms with Crippen molar-refractivity contribution in [2.24, 2.45) is 0 Å². The number of aromatic nitrogens is 2. The fourth-order valence-electron chi connectivity index (χ4n) is 3.69. The predicted octanol–water partition coefficient (Wildman–Crippen LogP) is 3.78. The molecule has 0 spiro atoms. The van der Waals surface area contributed by atoms with Gasteiger partial charge in [0.2, 0.25) is 11.8 Å². The Morgan fingerprint density at radius 1 is 1.10 bits per heavy atom. The van der Waals surface area contributed by atoms with E-state index in [9.17, 15) is 4.79 Å². The van der Waals surface area contributed by atoms with Crippen LogP contribution in [0.25, 0.3) is 17.0 Å². The molecule has 31 heavy (non-hydrogen) atoms. The molecule has 1 aliphatic rings. The number of carbonyl (C=O) groups excluding carboxylic acids is 1. The quantitative estimate of drug-likeness (QED) is 0.549. The highest BCUT2D eigenvalue weighted by Crippen LogP contribution is 2.24. The third kappa shape index (κ3) is 5.47. The number of hydrogen-bond acceptors (Lipinski definition) is 5. The largest absolute Gasteiger partial charge is 0.477 e. The maximum absolute atomic E-state index is 12.8. The van der Waals surface area contributed by atoms with E-state index in [0.29, 0.717) is 12.5 Å². The molecule has 6 heteroatoms. The first-order valence-corrected chi connectivity index (χ1v) is 10.8. The Morgan fingerprint density at radius 3 is 2.65 bits per heavy atom. The molecule has 1 saturated heterocycles. The average Bonchev–Trinajstić information content (AvgIpc) is 2.82. The first kappa shape index (κ1) is 21.0. The number of pyridine rings is 2. The van der Waals surface area contributed by atoms with E-state index >= 15 is 0 Å². The van der Waals surface area contributed by atoms with Crippen molar-refractivity contribution in [3.05, 3.63) is 72.1 Å². The molecule has 4 rings (SSSR count). The number of ether oxygens (including phenoxy) is 1. The lowest BCUT2D eigenvalue weighted by molar-refractivity contribution is -0.127. The van der Waals surface area contributed by atoms with Gasteiger partial charge in [0.05, 0.1) is 12.1 Å². The number of piperazine rings is 1. The van der Waals surface area contributed by atoms with Crippen molar-refractivity contribution in [1.29, 1.82) is 0 Å². The number of fused-ring (bicyclic) bond motifs is 1. The summed E-state index contributed by atoms with van der Waals surface area (Å²) < 4.78 is 5.84. The SMILES string of the molecule is CCCOc1nc2ccccc2cc1/C=C/C(=O)N1CCN(Cc2ccncc2)CC1. The molecule has 0 N–H and O–H groups in total. The third-order valence-electron chi connectivity index (χ3n) is 5.40. The average molecular weight is 417 g/mol. The van der Waals surface area contributed by atoms with Crippen LogP contribution in [0, 0.1) is 0 Å². The van der Waals surface area contributed by atoms with Gasteiger partial charge >= 0.3 is 0 Å². The number of rotatable bonds is 7. The summed E-state index contributed by atoms with van der Waals surface area (Å²) in [4.78, 5) is 25.8. The molecule has 1 fully saturated rings. The predicted molar refractivity (Wildman–Crippen MR) is 123 cm³/mol. The molecule has 0 atom stereocenters. The minimum absolute atomic E-state index is 0.0261. The van der Waals surface area contributed by atoms with E-state index in [1.165, 1.54) is 5.56 Å². The standard InChI is InChI=1S/C25H28N4O2/c1-2-17-31-25-22(18-21-5-3-4-6-23(21)27-25)7-8-24(30)29-15-13-28(14-16-29)19-20-9-11-26-12-10-20/h3-12,18H,2,13-17,19H2,1H3/b8-7+. The molecule has 0 saturated carbocycles. The highest BCUT2D eigenvalue weighted by molar-refractivity contribution is 5.93. The second kappa shape index (κ2) is 10.2. The van der Waals surface area contributed by atoms with Gasteiger partial charge in [0.1, 0.15) is 0 Å². The Hall–Kier alpha value is -3.25. The lowest BCUT2D eigenvalue weighted by atomic mass is 10.1. The maximum atomic E-state index is 12.8. The summed E-state index contributed by atoms with van der Waals surface area (Å²) in [6.07, 6.45) is 8.01. The van der Waals surface area contributed by atoms with Crippen LogP contribution < -0.4 is 4.74 Å². The van der Waals surface area contributed by atoms with Gasteiger partial charge in [-0.1, -0.05) is 25.1 Å². The Balaban J connectivity index is 1.40. The summed E-state index contributed by atoms with van der Waals surface area (Å²) in [5, 5.41) is 1.03. The zero-order chi connectivity index (χ0) is 21.5. The van der Waals surface area contributed by atoms with E-state index in [0.717, 1.165) is 55.6 Å². The molecule has 2 aromatic heterocycles. The van der Waals surface area contributed by atoms with Crippen molar-refractivity contribution >= 4 is 22.9 Å². The molecule has 0 aliphatic carbocycles. The lowest BCUT2D eigenvalue weighted by Crippen LogP contribution is -2.47. The Bertz CT molecular complexity index is 1040. The van der Waals surface area contributed by atoms with Gasteiger partial charge in [0.15, 0.2) is 0 Å². The Kier molecular flexibility index (Phi) is 6.89. The number of nitrogens with zero attached hydrogens (tertiary/aromatic N) is 4. The number of hydrogen-bond donors (Lipinski definition) is 0. The maximum Gasteiger partial charge on any atom is 0.246 e. The first-order chi connectivity index (χ1) is 15.2. The monoisotopic (exact) mass is 416 g/mol. The molecule has 3 aromatic rings. The molecule has 160 valence electrons. The molecular weight excluding hydrogens is 388 g/mol. The van der Waals surface area contributed by atoms with E-state index in [4.69, 9.17) is 4.74 Å². The van der Waals surface area contributed by atoms with Gasteiger partial charge in [-0.05, 0) is 42.3 Å². The zero-order valence-corrected chi connectivity index (χ0v) is 17.9. The van der Waals surface area contributed by atoms with Crippen LogP contribution in [0.5, 0.6) is 5.88 Å². The van der Waals surface area contributed by atoms with Crippen LogP contribution in [0.3, 0.4) is 0 Å². The Morgan fingerprint density at radius 2 is 1.87 bits per heavy atom. The van der Waals surface area contributed by atoms with Crippen LogP contribution in [-0.4, -0.2) is 58.5 Å². The van der Waals surface area contributed by atoms with Gasteiger partial charge in [0.25, 0.3) is 0 Å². The minimum Gasteiger partial charge on any atom is -0.477 e. The van der Waals surface area contributed by atoms with Gasteiger partial charge in [-0.15, -0.1) is 0 Å². The molecule has 0 radical (unpaired) electrons. The molecule has 6 nitrogen and oxygen atoms in total. The van der Waals surface area contributed by atoms with Gasteiger partial charge < -0.3 is 9.64 Å². The minimum atomic E-state index is 0.0261. The van der Waals surface area contributed by atoms with Crippen LogP contribution in [0.2, 0.25) is 0 Å². The van der Waals surface area contributed by atoms with Crippen molar-refractivity contribution in [3.63, 3.8) is 0 Å². The van der Waals surface area contributed by atoms with E-state index in [2.05, 4.69) is 21.8 Å². The summed E-state index contributed by atoms with van der Waals surface area (Å²) in [6, 6.07) is 14.0. The fourth-order valence-corrected chi connectivity index (χ4v) is 3.69. The smallest absolute Gasteiger partial charge is 0.246 e. The first-order valence-electron chi connectivity index (χ1n) is 10.8. The van der Waals surface area contributed by atoms with E-state index in [1.807, 2.05) is 65.8 Å². The topological polar surface area (TPSA) is 58.6 Å². The van der Waals surface area contributed by atoms with Gasteiger partial charge in [0, 0.05) is 62.1 Å². The second-order valence-electron chi connectivity index (χ2n) is 7.71. The summed E-state index contributed by atoms with van der Waals surface area (Å²) in [5.41, 5.74) is 2.97. The molecule has 1 aromatic carbocycles. The Labute approximate surface area is 183 Å². The second-order valence-corrected chi connectivity index (χ2v) is 7.71. The summed E-state index contributed by atoms with van der Waals surface area (Å²) in [6.45, 7) is 6.73. The van der Waals surface area contributed by atoms with Crippen molar-refractivity contribution < 1.29 is 9.53 Å². The number of amides is 1. The molecule has 3 heterocycles. The number of para-hydroxylation sites is 1. The highest BCUT2D eigenvalue weighted by Gasteiger charge is 2.19. The van der Waals surface area contributed by atoms with Crippen molar-refractivity contribution in [2.75, 3.05) is 32.8 Å².